The Morgan fingerprint density at radius 3 is 2.00 bits per heavy atom. The zero-order valence-corrected chi connectivity index (χ0v) is 12.3. The molecule has 0 bridgehead atoms. The Morgan fingerprint density at radius 2 is 1.61 bits per heavy atom. The summed E-state index contributed by atoms with van der Waals surface area (Å²) in [6.07, 6.45) is 2.48. The highest BCUT2D eigenvalue weighted by molar-refractivity contribution is 5.69. The number of piperazine rings is 1. The summed E-state index contributed by atoms with van der Waals surface area (Å²) in [6.45, 7) is 12.0. The number of hydrogen-bond acceptors (Lipinski definition) is 3. The molecule has 0 aromatic carbocycles. The standard InChI is InChI=1S/C14H26N2O2/c1-10-8-15(12-6-7-12)9-11(2)16(10)13(17)18-14(3,4)5/h10-12H,6-9H2,1-5H3/t10-,11-/m1/s1. The van der Waals surface area contributed by atoms with Gasteiger partial charge in [0.1, 0.15) is 5.60 Å². The number of rotatable bonds is 1. The lowest BCUT2D eigenvalue weighted by molar-refractivity contribution is -0.0163. The number of nitrogens with zero attached hydrogens (tertiary/aromatic N) is 2. The average Bonchev–Trinajstić information content (AvgIpc) is 2.95. The number of amides is 1. The molecule has 2 rings (SSSR count). The van der Waals surface area contributed by atoms with Gasteiger partial charge in [0, 0.05) is 31.2 Å². The zero-order valence-electron chi connectivity index (χ0n) is 12.3. The normalized spacial score (nSPS) is 30.4. The monoisotopic (exact) mass is 254 g/mol. The van der Waals surface area contributed by atoms with Gasteiger partial charge in [-0.15, -0.1) is 0 Å². The molecule has 104 valence electrons. The molecular weight excluding hydrogens is 228 g/mol. The summed E-state index contributed by atoms with van der Waals surface area (Å²) in [6, 6.07) is 1.25. The average molecular weight is 254 g/mol. The van der Waals surface area contributed by atoms with Crippen LogP contribution < -0.4 is 0 Å². The third kappa shape index (κ3) is 3.16. The maximum atomic E-state index is 12.2. The summed E-state index contributed by atoms with van der Waals surface area (Å²) in [5, 5.41) is 0. The van der Waals surface area contributed by atoms with Crippen LogP contribution in [0.2, 0.25) is 0 Å². The fraction of sp³-hybridized carbons (Fsp3) is 0.929. The molecule has 1 aliphatic carbocycles. The smallest absolute Gasteiger partial charge is 0.410 e. The van der Waals surface area contributed by atoms with Crippen molar-refractivity contribution in [1.29, 1.82) is 0 Å². The van der Waals surface area contributed by atoms with Crippen LogP contribution in [-0.4, -0.2) is 52.7 Å². The topological polar surface area (TPSA) is 32.8 Å². The van der Waals surface area contributed by atoms with E-state index in [1.807, 2.05) is 25.7 Å². The molecule has 0 N–H and O–H groups in total. The largest absolute Gasteiger partial charge is 0.444 e. The van der Waals surface area contributed by atoms with Gasteiger partial charge in [-0.1, -0.05) is 0 Å². The fourth-order valence-electron chi connectivity index (χ4n) is 2.78. The molecule has 4 heteroatoms. The van der Waals surface area contributed by atoms with Gasteiger partial charge >= 0.3 is 6.09 Å². The molecule has 0 aromatic heterocycles. The molecule has 1 aliphatic heterocycles. The van der Waals surface area contributed by atoms with Gasteiger partial charge in [0.15, 0.2) is 0 Å². The van der Waals surface area contributed by atoms with E-state index in [0.29, 0.717) is 0 Å². The van der Waals surface area contributed by atoms with Crippen molar-refractivity contribution in [2.24, 2.45) is 0 Å². The zero-order chi connectivity index (χ0) is 13.5. The van der Waals surface area contributed by atoms with E-state index < -0.39 is 5.60 Å². The van der Waals surface area contributed by atoms with Crippen molar-refractivity contribution in [1.82, 2.24) is 9.80 Å². The van der Waals surface area contributed by atoms with Crippen LogP contribution >= 0.6 is 0 Å². The van der Waals surface area contributed by atoms with Crippen LogP contribution in [0.1, 0.15) is 47.5 Å². The van der Waals surface area contributed by atoms with E-state index in [4.69, 9.17) is 4.74 Å². The first-order valence-electron chi connectivity index (χ1n) is 7.03. The van der Waals surface area contributed by atoms with Crippen molar-refractivity contribution in [3.8, 4) is 0 Å². The van der Waals surface area contributed by atoms with E-state index >= 15 is 0 Å². The lowest BCUT2D eigenvalue weighted by Gasteiger charge is -2.44. The molecule has 1 saturated carbocycles. The van der Waals surface area contributed by atoms with Gasteiger partial charge in [-0.2, -0.15) is 0 Å². The maximum absolute atomic E-state index is 12.2. The van der Waals surface area contributed by atoms with Crippen LogP contribution in [0.5, 0.6) is 0 Å². The van der Waals surface area contributed by atoms with Crippen LogP contribution in [-0.2, 0) is 4.74 Å². The number of ether oxygens (including phenoxy) is 1. The Labute approximate surface area is 110 Å². The summed E-state index contributed by atoms with van der Waals surface area (Å²) in [7, 11) is 0. The van der Waals surface area contributed by atoms with E-state index in [1.54, 1.807) is 0 Å². The first-order chi connectivity index (χ1) is 8.28. The first kappa shape index (κ1) is 13.7. The minimum atomic E-state index is -0.413. The molecule has 1 saturated heterocycles. The van der Waals surface area contributed by atoms with Gasteiger partial charge in [0.2, 0.25) is 0 Å². The van der Waals surface area contributed by atoms with Crippen molar-refractivity contribution in [2.45, 2.75) is 71.2 Å². The molecule has 1 heterocycles. The van der Waals surface area contributed by atoms with Crippen molar-refractivity contribution in [3.05, 3.63) is 0 Å². The van der Waals surface area contributed by atoms with E-state index in [9.17, 15) is 4.79 Å². The highest BCUT2D eigenvalue weighted by Gasteiger charge is 2.40. The summed E-state index contributed by atoms with van der Waals surface area (Å²) in [5.41, 5.74) is -0.413. The van der Waals surface area contributed by atoms with E-state index in [0.717, 1.165) is 19.1 Å². The lowest BCUT2D eigenvalue weighted by Crippen LogP contribution is -2.59. The predicted octanol–water partition coefficient (Wildman–Crippen LogP) is 2.48. The molecule has 2 fully saturated rings. The summed E-state index contributed by atoms with van der Waals surface area (Å²) in [5.74, 6) is 0. The molecule has 2 atom stereocenters. The SMILES string of the molecule is C[C@@H]1CN(C2CC2)C[C@@H](C)N1C(=O)OC(C)(C)C. The Kier molecular flexibility index (Phi) is 3.58. The number of carbonyl (C=O) groups is 1. The second kappa shape index (κ2) is 4.72. The van der Waals surface area contributed by atoms with E-state index in [1.165, 1.54) is 12.8 Å². The van der Waals surface area contributed by atoms with Crippen LogP contribution in [0.3, 0.4) is 0 Å². The number of carbonyl (C=O) groups excluding carboxylic acids is 1. The third-order valence-electron chi connectivity index (χ3n) is 3.61. The summed E-state index contributed by atoms with van der Waals surface area (Å²) in [4.78, 5) is 16.6. The van der Waals surface area contributed by atoms with Gasteiger partial charge < -0.3 is 9.64 Å². The summed E-state index contributed by atoms with van der Waals surface area (Å²) >= 11 is 0. The second-order valence-electron chi connectivity index (χ2n) is 6.77. The highest BCUT2D eigenvalue weighted by Crippen LogP contribution is 2.30. The van der Waals surface area contributed by atoms with E-state index in [2.05, 4.69) is 18.7 Å². The Balaban J connectivity index is 1.97. The molecule has 18 heavy (non-hydrogen) atoms. The molecule has 2 aliphatic rings. The minimum Gasteiger partial charge on any atom is -0.444 e. The summed E-state index contributed by atoms with van der Waals surface area (Å²) < 4.78 is 5.50. The van der Waals surface area contributed by atoms with Gasteiger partial charge in [-0.05, 0) is 47.5 Å². The number of hydrogen-bond donors (Lipinski definition) is 0. The van der Waals surface area contributed by atoms with Gasteiger partial charge in [-0.3, -0.25) is 4.90 Å². The first-order valence-corrected chi connectivity index (χ1v) is 7.03. The van der Waals surface area contributed by atoms with Gasteiger partial charge in [0.25, 0.3) is 0 Å². The molecule has 0 spiro atoms. The Morgan fingerprint density at radius 1 is 1.11 bits per heavy atom. The molecular formula is C14H26N2O2. The Hall–Kier alpha value is -0.770. The third-order valence-corrected chi connectivity index (χ3v) is 3.61. The quantitative estimate of drug-likeness (QED) is 0.720. The van der Waals surface area contributed by atoms with Gasteiger partial charge in [0.05, 0.1) is 0 Å². The highest BCUT2D eigenvalue weighted by atomic mass is 16.6. The molecule has 0 aromatic rings. The van der Waals surface area contributed by atoms with Crippen LogP contribution in [0.4, 0.5) is 4.79 Å². The predicted molar refractivity (Wildman–Crippen MR) is 71.6 cm³/mol. The van der Waals surface area contributed by atoms with Crippen molar-refractivity contribution in [2.75, 3.05) is 13.1 Å². The molecule has 0 unspecified atom stereocenters. The van der Waals surface area contributed by atoms with Crippen molar-refractivity contribution in [3.63, 3.8) is 0 Å². The van der Waals surface area contributed by atoms with Crippen LogP contribution in [0, 0.1) is 0 Å². The van der Waals surface area contributed by atoms with Crippen molar-refractivity contribution < 1.29 is 9.53 Å². The minimum absolute atomic E-state index is 0.169. The van der Waals surface area contributed by atoms with Crippen LogP contribution in [0.15, 0.2) is 0 Å². The lowest BCUT2D eigenvalue weighted by atomic mass is 10.1. The van der Waals surface area contributed by atoms with E-state index in [-0.39, 0.29) is 18.2 Å². The molecule has 4 nitrogen and oxygen atoms in total. The Bertz CT molecular complexity index is 308. The second-order valence-corrected chi connectivity index (χ2v) is 6.77. The maximum Gasteiger partial charge on any atom is 0.410 e. The molecule has 1 amide bonds. The molecule has 0 radical (unpaired) electrons. The van der Waals surface area contributed by atoms with Crippen molar-refractivity contribution >= 4 is 6.09 Å². The van der Waals surface area contributed by atoms with Crippen LogP contribution in [0.25, 0.3) is 0 Å². The fourth-order valence-corrected chi connectivity index (χ4v) is 2.78. The van der Waals surface area contributed by atoms with Gasteiger partial charge in [-0.25, -0.2) is 4.79 Å².